The Labute approximate surface area is 126 Å². The number of aryl methyl sites for hydroxylation is 1. The highest BCUT2D eigenvalue weighted by Gasteiger charge is 2.15. The molecule has 3 rings (SSSR count). The Balaban J connectivity index is 2.17. The Morgan fingerprint density at radius 2 is 2.05 bits per heavy atom. The smallest absolute Gasteiger partial charge is 0.123 e. The number of fused-ring (bicyclic) bond motifs is 1. The van der Waals surface area contributed by atoms with Crippen LogP contribution in [-0.2, 0) is 6.42 Å². The molecule has 0 aliphatic rings. The van der Waals surface area contributed by atoms with Crippen LogP contribution < -0.4 is 0 Å². The molecule has 1 aromatic heterocycles. The Hall–Kier alpha value is -2.11. The highest BCUT2D eigenvalue weighted by atomic mass is 35.5. The molecule has 0 aliphatic heterocycles. The van der Waals surface area contributed by atoms with E-state index in [1.54, 1.807) is 18.2 Å². The molecule has 21 heavy (non-hydrogen) atoms. The zero-order valence-corrected chi connectivity index (χ0v) is 11.9. The first-order valence-electron chi connectivity index (χ1n) is 6.63. The van der Waals surface area contributed by atoms with Crippen LogP contribution in [0.25, 0.3) is 22.2 Å². The van der Waals surface area contributed by atoms with Crippen LogP contribution >= 0.6 is 11.6 Å². The minimum Gasteiger partial charge on any atom is -0.507 e. The molecule has 108 valence electrons. The first-order valence-corrected chi connectivity index (χ1v) is 7.01. The van der Waals surface area contributed by atoms with Gasteiger partial charge < -0.3 is 10.2 Å². The van der Waals surface area contributed by atoms with Gasteiger partial charge in [0.25, 0.3) is 0 Å². The molecule has 0 atom stereocenters. The fourth-order valence-electron chi connectivity index (χ4n) is 2.37. The second kappa shape index (κ2) is 5.71. The highest BCUT2D eigenvalue weighted by molar-refractivity contribution is 6.35. The van der Waals surface area contributed by atoms with Crippen LogP contribution in [0.3, 0.4) is 0 Å². The molecule has 0 saturated carbocycles. The van der Waals surface area contributed by atoms with Gasteiger partial charge in [-0.05, 0) is 42.7 Å². The van der Waals surface area contributed by atoms with Crippen molar-refractivity contribution in [1.82, 2.24) is 15.4 Å². The molecule has 0 unspecified atom stereocenters. The van der Waals surface area contributed by atoms with Crippen molar-refractivity contribution in [2.45, 2.75) is 12.8 Å². The molecule has 0 saturated heterocycles. The summed E-state index contributed by atoms with van der Waals surface area (Å²) in [7, 11) is 0. The number of aliphatic hydroxyl groups excluding tert-OH is 1. The van der Waals surface area contributed by atoms with E-state index in [1.165, 1.54) is 0 Å². The number of nitrogens with zero attached hydrogens (tertiary/aromatic N) is 2. The first-order chi connectivity index (χ1) is 10.2. The normalized spacial score (nSPS) is 11.1. The zero-order chi connectivity index (χ0) is 14.8. The van der Waals surface area contributed by atoms with Gasteiger partial charge in [0.05, 0.1) is 10.5 Å². The van der Waals surface area contributed by atoms with Crippen molar-refractivity contribution in [1.29, 1.82) is 0 Å². The van der Waals surface area contributed by atoms with E-state index < -0.39 is 0 Å². The van der Waals surface area contributed by atoms with Crippen LogP contribution in [0.1, 0.15) is 12.0 Å². The summed E-state index contributed by atoms with van der Waals surface area (Å²) in [5.74, 6) is 0.139. The number of hydrogen-bond acceptors (Lipinski definition) is 4. The number of benzene rings is 2. The predicted octanol–water partition coefficient (Wildman–Crippen LogP) is 2.91. The molecule has 3 N–H and O–H groups in total. The Kier molecular flexibility index (Phi) is 3.77. The van der Waals surface area contributed by atoms with Gasteiger partial charge in [-0.25, -0.2) is 0 Å². The topological polar surface area (TPSA) is 82.0 Å². The molecular formula is C15H14ClN3O2. The monoisotopic (exact) mass is 303 g/mol. The third kappa shape index (κ3) is 2.57. The Morgan fingerprint density at radius 3 is 2.86 bits per heavy atom. The van der Waals surface area contributed by atoms with Crippen molar-refractivity contribution in [3.8, 4) is 16.9 Å². The van der Waals surface area contributed by atoms with Crippen LogP contribution in [0.5, 0.6) is 5.75 Å². The number of aromatic amines is 1. The van der Waals surface area contributed by atoms with Crippen LogP contribution in [0.2, 0.25) is 5.02 Å². The van der Waals surface area contributed by atoms with Crippen molar-refractivity contribution in [3.63, 3.8) is 0 Å². The summed E-state index contributed by atoms with van der Waals surface area (Å²) >= 11 is 6.29. The quantitative estimate of drug-likeness (QED) is 0.692. The molecule has 3 aromatic rings. The molecule has 2 aromatic carbocycles. The van der Waals surface area contributed by atoms with E-state index in [2.05, 4.69) is 15.4 Å². The van der Waals surface area contributed by atoms with Crippen LogP contribution in [-0.4, -0.2) is 32.2 Å². The van der Waals surface area contributed by atoms with Gasteiger partial charge in [0.15, 0.2) is 0 Å². The molecular weight excluding hydrogens is 290 g/mol. The fraction of sp³-hybridized carbons (Fsp3) is 0.200. The van der Waals surface area contributed by atoms with E-state index >= 15 is 0 Å². The second-order valence-corrected chi connectivity index (χ2v) is 5.22. The third-order valence-electron chi connectivity index (χ3n) is 3.40. The molecule has 0 aliphatic carbocycles. The van der Waals surface area contributed by atoms with Gasteiger partial charge >= 0.3 is 0 Å². The van der Waals surface area contributed by atoms with Gasteiger partial charge in [-0.2, -0.15) is 0 Å². The van der Waals surface area contributed by atoms with Gasteiger partial charge in [-0.3, -0.25) is 5.10 Å². The minimum absolute atomic E-state index is 0.135. The molecule has 5 nitrogen and oxygen atoms in total. The molecule has 1 heterocycles. The maximum Gasteiger partial charge on any atom is 0.123 e. The SMILES string of the molecule is OCCCc1ccc(O)c(-c2c(Cl)ccc3[nH]nnc23)c1. The molecule has 6 heteroatoms. The summed E-state index contributed by atoms with van der Waals surface area (Å²) in [6.07, 6.45) is 1.41. The average Bonchev–Trinajstić information content (AvgIpc) is 2.95. The lowest BCUT2D eigenvalue weighted by atomic mass is 9.98. The van der Waals surface area contributed by atoms with E-state index in [9.17, 15) is 5.11 Å². The number of rotatable bonds is 4. The number of H-pyrrole nitrogens is 1. The van der Waals surface area contributed by atoms with Crippen molar-refractivity contribution in [2.75, 3.05) is 6.61 Å². The molecule has 0 spiro atoms. The summed E-state index contributed by atoms with van der Waals surface area (Å²) in [6, 6.07) is 8.90. The first kappa shape index (κ1) is 13.9. The summed E-state index contributed by atoms with van der Waals surface area (Å²) in [5, 5.41) is 30.2. The lowest BCUT2D eigenvalue weighted by Gasteiger charge is -2.10. The number of aliphatic hydroxyl groups is 1. The highest BCUT2D eigenvalue weighted by Crippen LogP contribution is 2.38. The molecule has 0 fully saturated rings. The van der Waals surface area contributed by atoms with Gasteiger partial charge in [-0.15, -0.1) is 5.10 Å². The van der Waals surface area contributed by atoms with Crippen LogP contribution in [0.15, 0.2) is 30.3 Å². The number of halogens is 1. The number of aromatic nitrogens is 3. The van der Waals surface area contributed by atoms with Crippen LogP contribution in [0.4, 0.5) is 0 Å². The van der Waals surface area contributed by atoms with Crippen LogP contribution in [0, 0.1) is 0 Å². The molecule has 0 radical (unpaired) electrons. The van der Waals surface area contributed by atoms with E-state index in [1.807, 2.05) is 12.1 Å². The fourth-order valence-corrected chi connectivity index (χ4v) is 2.62. The van der Waals surface area contributed by atoms with Crippen molar-refractivity contribution < 1.29 is 10.2 Å². The standard InChI is InChI=1S/C15H14ClN3O2/c16-11-4-5-12-15(18-19-17-12)14(11)10-8-9(2-1-7-20)3-6-13(10)21/h3-6,8,20-21H,1-2,7H2,(H,17,18,19). The zero-order valence-electron chi connectivity index (χ0n) is 11.2. The van der Waals surface area contributed by atoms with Gasteiger partial charge in [0.2, 0.25) is 0 Å². The summed E-state index contributed by atoms with van der Waals surface area (Å²) < 4.78 is 0. The second-order valence-electron chi connectivity index (χ2n) is 4.81. The van der Waals surface area contributed by atoms with Crippen molar-refractivity contribution in [3.05, 3.63) is 40.9 Å². The number of aromatic hydroxyl groups is 1. The molecule has 0 amide bonds. The number of phenolic OH excluding ortho intramolecular Hbond substituents is 1. The number of phenols is 1. The van der Waals surface area contributed by atoms with E-state index in [-0.39, 0.29) is 12.4 Å². The van der Waals surface area contributed by atoms with E-state index in [4.69, 9.17) is 16.7 Å². The maximum atomic E-state index is 10.2. The summed E-state index contributed by atoms with van der Waals surface area (Å²) in [6.45, 7) is 0.135. The minimum atomic E-state index is 0.135. The maximum absolute atomic E-state index is 10.2. The summed E-state index contributed by atoms with van der Waals surface area (Å²) in [4.78, 5) is 0. The predicted molar refractivity (Wildman–Crippen MR) is 81.4 cm³/mol. The average molecular weight is 304 g/mol. The van der Waals surface area contributed by atoms with Gasteiger partial charge in [0.1, 0.15) is 11.3 Å². The van der Waals surface area contributed by atoms with Gasteiger partial charge in [-0.1, -0.05) is 22.9 Å². The Bertz CT molecular complexity index is 786. The van der Waals surface area contributed by atoms with E-state index in [0.717, 1.165) is 17.5 Å². The molecule has 0 bridgehead atoms. The van der Waals surface area contributed by atoms with E-state index in [0.29, 0.717) is 28.1 Å². The van der Waals surface area contributed by atoms with Crippen molar-refractivity contribution in [2.24, 2.45) is 0 Å². The summed E-state index contributed by atoms with van der Waals surface area (Å²) in [5.41, 5.74) is 3.68. The number of nitrogens with one attached hydrogen (secondary N) is 1. The van der Waals surface area contributed by atoms with Crippen molar-refractivity contribution >= 4 is 22.6 Å². The lowest BCUT2D eigenvalue weighted by molar-refractivity contribution is 0.288. The van der Waals surface area contributed by atoms with Gasteiger partial charge in [0, 0.05) is 17.7 Å². The Morgan fingerprint density at radius 1 is 1.19 bits per heavy atom. The lowest BCUT2D eigenvalue weighted by Crippen LogP contribution is -1.91. The largest absolute Gasteiger partial charge is 0.507 e. The third-order valence-corrected chi connectivity index (χ3v) is 3.72. The number of hydrogen-bond donors (Lipinski definition) is 3.